The lowest BCUT2D eigenvalue weighted by Gasteiger charge is -2.08. The normalized spacial score (nSPS) is 14.5. The van der Waals surface area contributed by atoms with Crippen molar-refractivity contribution < 1.29 is 0 Å². The molecule has 0 radical (unpaired) electrons. The number of rotatable bonds is 0. The molecule has 1 aromatic heterocycles. The monoisotopic (exact) mass is 264 g/mol. The van der Waals surface area contributed by atoms with E-state index in [0.717, 1.165) is 35.2 Å². The Bertz CT molecular complexity index is 603. The molecular weight excluding hydrogens is 256 g/mol. The molecule has 0 spiro atoms. The van der Waals surface area contributed by atoms with E-state index < -0.39 is 0 Å². The maximum atomic E-state index is 11.8. The molecule has 2 aromatic rings. The van der Waals surface area contributed by atoms with Gasteiger partial charge in [-0.3, -0.25) is 4.79 Å². The SMILES string of the molecule is O=c1nc2n(c3cccc(Br)c13)CCC2. The van der Waals surface area contributed by atoms with Crippen LogP contribution in [0.5, 0.6) is 0 Å². The number of fused-ring (bicyclic) bond motifs is 3. The minimum absolute atomic E-state index is 0.120. The second kappa shape index (κ2) is 3.17. The van der Waals surface area contributed by atoms with Gasteiger partial charge < -0.3 is 4.57 Å². The highest BCUT2D eigenvalue weighted by Crippen LogP contribution is 2.23. The fourth-order valence-corrected chi connectivity index (χ4v) is 2.68. The first kappa shape index (κ1) is 9.09. The average molecular weight is 265 g/mol. The molecule has 0 saturated carbocycles. The highest BCUT2D eigenvalue weighted by Gasteiger charge is 2.16. The summed E-state index contributed by atoms with van der Waals surface area (Å²) in [7, 11) is 0. The summed E-state index contributed by atoms with van der Waals surface area (Å²) in [5.41, 5.74) is 0.877. The van der Waals surface area contributed by atoms with E-state index in [1.54, 1.807) is 0 Å². The van der Waals surface area contributed by atoms with Gasteiger partial charge in [0.25, 0.3) is 5.56 Å². The van der Waals surface area contributed by atoms with Crippen molar-refractivity contribution in [2.24, 2.45) is 0 Å². The maximum absolute atomic E-state index is 11.8. The Hall–Kier alpha value is -1.16. The summed E-state index contributed by atoms with van der Waals surface area (Å²) in [6.07, 6.45) is 2.00. The summed E-state index contributed by atoms with van der Waals surface area (Å²) in [5.74, 6) is 0.922. The van der Waals surface area contributed by atoms with Crippen LogP contribution in [0.25, 0.3) is 10.9 Å². The second-order valence-electron chi connectivity index (χ2n) is 3.72. The average Bonchev–Trinajstić information content (AvgIpc) is 2.65. The molecule has 0 fully saturated rings. The Morgan fingerprint density at radius 3 is 3.13 bits per heavy atom. The standard InChI is InChI=1S/C11H9BrN2O/c12-7-3-1-4-8-10(7)11(15)13-9-5-2-6-14(8)9/h1,3-4H,2,5-6H2. The Morgan fingerprint density at radius 1 is 1.40 bits per heavy atom. The van der Waals surface area contributed by atoms with Crippen LogP contribution in [-0.4, -0.2) is 9.55 Å². The second-order valence-corrected chi connectivity index (χ2v) is 4.58. The minimum Gasteiger partial charge on any atom is -0.329 e. The van der Waals surface area contributed by atoms with Gasteiger partial charge in [-0.15, -0.1) is 0 Å². The molecule has 0 aliphatic carbocycles. The largest absolute Gasteiger partial charge is 0.329 e. The Kier molecular flexibility index (Phi) is 1.92. The van der Waals surface area contributed by atoms with Crippen molar-refractivity contribution in [2.75, 3.05) is 0 Å². The van der Waals surface area contributed by atoms with Gasteiger partial charge in [0.15, 0.2) is 0 Å². The van der Waals surface area contributed by atoms with Gasteiger partial charge in [-0.2, -0.15) is 4.98 Å². The topological polar surface area (TPSA) is 34.9 Å². The van der Waals surface area contributed by atoms with E-state index in [2.05, 4.69) is 25.5 Å². The molecule has 0 atom stereocenters. The fraction of sp³-hybridized carbons (Fsp3) is 0.273. The number of benzene rings is 1. The van der Waals surface area contributed by atoms with Crippen molar-refractivity contribution >= 4 is 26.8 Å². The number of halogens is 1. The molecule has 4 heteroatoms. The predicted octanol–water partition coefficient (Wildman–Crippen LogP) is 2.11. The van der Waals surface area contributed by atoms with Gasteiger partial charge in [-0.1, -0.05) is 6.07 Å². The number of aryl methyl sites for hydroxylation is 2. The van der Waals surface area contributed by atoms with E-state index in [1.807, 2.05) is 18.2 Å². The molecule has 3 rings (SSSR count). The zero-order valence-electron chi connectivity index (χ0n) is 8.03. The van der Waals surface area contributed by atoms with E-state index in [0.29, 0.717) is 5.39 Å². The van der Waals surface area contributed by atoms with Crippen molar-refractivity contribution in [2.45, 2.75) is 19.4 Å². The van der Waals surface area contributed by atoms with E-state index in [1.165, 1.54) is 0 Å². The van der Waals surface area contributed by atoms with Crippen LogP contribution in [0.15, 0.2) is 27.5 Å². The first-order valence-corrected chi connectivity index (χ1v) is 5.74. The van der Waals surface area contributed by atoms with Gasteiger partial charge >= 0.3 is 0 Å². The molecule has 0 saturated heterocycles. The maximum Gasteiger partial charge on any atom is 0.281 e. The number of hydrogen-bond donors (Lipinski definition) is 0. The van der Waals surface area contributed by atoms with Crippen LogP contribution < -0.4 is 5.56 Å². The Balaban J connectivity index is 2.56. The van der Waals surface area contributed by atoms with Crippen molar-refractivity contribution in [3.05, 3.63) is 38.9 Å². The molecule has 0 bridgehead atoms. The number of hydrogen-bond acceptors (Lipinski definition) is 2. The van der Waals surface area contributed by atoms with Gasteiger partial charge in [0, 0.05) is 17.4 Å². The molecule has 76 valence electrons. The van der Waals surface area contributed by atoms with Gasteiger partial charge in [-0.25, -0.2) is 0 Å². The molecule has 2 heterocycles. The van der Waals surface area contributed by atoms with Crippen molar-refractivity contribution in [1.29, 1.82) is 0 Å². The fourth-order valence-electron chi connectivity index (χ4n) is 2.16. The van der Waals surface area contributed by atoms with Crippen molar-refractivity contribution in [3.8, 4) is 0 Å². The molecular formula is C11H9BrN2O. The van der Waals surface area contributed by atoms with Gasteiger partial charge in [-0.05, 0) is 34.5 Å². The first-order valence-electron chi connectivity index (χ1n) is 4.95. The van der Waals surface area contributed by atoms with Crippen LogP contribution in [0.4, 0.5) is 0 Å². The summed E-state index contributed by atoms with van der Waals surface area (Å²) in [6.45, 7) is 0.968. The molecule has 1 aliphatic heterocycles. The summed E-state index contributed by atoms with van der Waals surface area (Å²) < 4.78 is 2.97. The third-order valence-electron chi connectivity index (χ3n) is 2.82. The van der Waals surface area contributed by atoms with Crippen molar-refractivity contribution in [3.63, 3.8) is 0 Å². The molecule has 0 N–H and O–H groups in total. The first-order chi connectivity index (χ1) is 7.27. The van der Waals surface area contributed by atoms with Crippen LogP contribution in [-0.2, 0) is 13.0 Å². The summed E-state index contributed by atoms with van der Waals surface area (Å²) >= 11 is 3.40. The lowest BCUT2D eigenvalue weighted by atomic mass is 10.2. The van der Waals surface area contributed by atoms with Crippen LogP contribution in [0, 0.1) is 0 Å². The van der Waals surface area contributed by atoms with E-state index in [-0.39, 0.29) is 5.56 Å². The van der Waals surface area contributed by atoms with Crippen molar-refractivity contribution in [1.82, 2.24) is 9.55 Å². The molecule has 0 amide bonds. The smallest absolute Gasteiger partial charge is 0.281 e. The van der Waals surface area contributed by atoms with E-state index in [9.17, 15) is 4.79 Å². The number of aromatic nitrogens is 2. The Labute approximate surface area is 94.9 Å². The highest BCUT2D eigenvalue weighted by atomic mass is 79.9. The lowest BCUT2D eigenvalue weighted by Crippen LogP contribution is -2.15. The summed E-state index contributed by atoms with van der Waals surface area (Å²) in [4.78, 5) is 15.9. The van der Waals surface area contributed by atoms with Crippen LogP contribution in [0.1, 0.15) is 12.2 Å². The molecule has 15 heavy (non-hydrogen) atoms. The van der Waals surface area contributed by atoms with Crippen LogP contribution in [0.2, 0.25) is 0 Å². The number of nitrogens with zero attached hydrogens (tertiary/aromatic N) is 2. The molecule has 3 nitrogen and oxygen atoms in total. The molecule has 1 aromatic carbocycles. The highest BCUT2D eigenvalue weighted by molar-refractivity contribution is 9.10. The van der Waals surface area contributed by atoms with Crippen LogP contribution >= 0.6 is 15.9 Å². The molecule has 1 aliphatic rings. The van der Waals surface area contributed by atoms with Gasteiger partial charge in [0.2, 0.25) is 0 Å². The summed E-state index contributed by atoms with van der Waals surface area (Å²) in [5, 5.41) is 0.697. The lowest BCUT2D eigenvalue weighted by molar-refractivity contribution is 0.762. The quantitative estimate of drug-likeness (QED) is 0.731. The Morgan fingerprint density at radius 2 is 2.27 bits per heavy atom. The van der Waals surface area contributed by atoms with Crippen LogP contribution in [0.3, 0.4) is 0 Å². The third-order valence-corrected chi connectivity index (χ3v) is 3.48. The third kappa shape index (κ3) is 1.24. The summed E-state index contributed by atoms with van der Waals surface area (Å²) in [6, 6.07) is 5.82. The minimum atomic E-state index is -0.120. The van der Waals surface area contributed by atoms with E-state index in [4.69, 9.17) is 0 Å². The van der Waals surface area contributed by atoms with Gasteiger partial charge in [0.05, 0.1) is 10.9 Å². The predicted molar refractivity (Wildman–Crippen MR) is 62.0 cm³/mol. The zero-order valence-corrected chi connectivity index (χ0v) is 9.62. The van der Waals surface area contributed by atoms with E-state index >= 15 is 0 Å². The molecule has 0 unspecified atom stereocenters. The zero-order chi connectivity index (χ0) is 10.4. The van der Waals surface area contributed by atoms with Gasteiger partial charge in [0.1, 0.15) is 5.82 Å².